The predicted molar refractivity (Wildman–Crippen MR) is 122 cm³/mol. The van der Waals surface area contributed by atoms with E-state index in [4.69, 9.17) is 14.5 Å². The van der Waals surface area contributed by atoms with Gasteiger partial charge in [-0.15, -0.1) is 0 Å². The SMILES string of the molecule is COc1ccc(C2CC(=O)C3=C(C2)N=C(C)C(C(=O)OC(C)C)C3c2ccncc2)cc1. The molecule has 0 fully saturated rings. The number of carbonyl (C=O) groups is 2. The minimum absolute atomic E-state index is 0.0347. The lowest BCUT2D eigenvalue weighted by Gasteiger charge is -2.36. The first-order valence-corrected chi connectivity index (χ1v) is 10.9. The largest absolute Gasteiger partial charge is 0.497 e. The van der Waals surface area contributed by atoms with Crippen LogP contribution in [0, 0.1) is 5.92 Å². The van der Waals surface area contributed by atoms with Crippen LogP contribution in [0.3, 0.4) is 0 Å². The number of pyridine rings is 1. The van der Waals surface area contributed by atoms with E-state index in [0.29, 0.717) is 24.1 Å². The maximum absolute atomic E-state index is 13.5. The molecule has 6 nitrogen and oxygen atoms in total. The molecule has 2 aromatic rings. The lowest BCUT2D eigenvalue weighted by atomic mass is 9.69. The summed E-state index contributed by atoms with van der Waals surface area (Å²) in [6, 6.07) is 11.6. The molecule has 0 saturated heterocycles. The highest BCUT2D eigenvalue weighted by molar-refractivity contribution is 6.09. The second-order valence-corrected chi connectivity index (χ2v) is 8.64. The lowest BCUT2D eigenvalue weighted by Crippen LogP contribution is -2.38. The molecule has 0 bridgehead atoms. The van der Waals surface area contributed by atoms with Crippen molar-refractivity contribution < 1.29 is 19.1 Å². The van der Waals surface area contributed by atoms with E-state index in [0.717, 1.165) is 22.6 Å². The van der Waals surface area contributed by atoms with Crippen molar-refractivity contribution in [1.82, 2.24) is 4.98 Å². The van der Waals surface area contributed by atoms with Gasteiger partial charge < -0.3 is 9.47 Å². The van der Waals surface area contributed by atoms with E-state index in [2.05, 4.69) is 4.98 Å². The number of aromatic nitrogens is 1. The number of ketones is 1. The van der Waals surface area contributed by atoms with E-state index in [-0.39, 0.29) is 23.8 Å². The minimum Gasteiger partial charge on any atom is -0.497 e. The normalized spacial score (nSPS) is 23.0. The third-order valence-corrected chi connectivity index (χ3v) is 6.15. The van der Waals surface area contributed by atoms with Crippen LogP contribution in [0.4, 0.5) is 0 Å². The molecular formula is C26H28N2O4. The summed E-state index contributed by atoms with van der Waals surface area (Å²) in [5.74, 6) is -0.527. The molecule has 0 spiro atoms. The lowest BCUT2D eigenvalue weighted by molar-refractivity contribution is -0.150. The van der Waals surface area contributed by atoms with E-state index in [9.17, 15) is 9.59 Å². The summed E-state index contributed by atoms with van der Waals surface area (Å²) < 4.78 is 10.8. The Morgan fingerprint density at radius 2 is 1.72 bits per heavy atom. The Balaban J connectivity index is 1.75. The first-order valence-electron chi connectivity index (χ1n) is 10.9. The Morgan fingerprint density at radius 1 is 1.03 bits per heavy atom. The van der Waals surface area contributed by atoms with E-state index < -0.39 is 11.8 Å². The third-order valence-electron chi connectivity index (χ3n) is 6.15. The number of allylic oxidation sites excluding steroid dienone is 2. The van der Waals surface area contributed by atoms with Crippen molar-refractivity contribution >= 4 is 17.5 Å². The summed E-state index contributed by atoms with van der Waals surface area (Å²) in [4.78, 5) is 35.5. The molecule has 166 valence electrons. The molecule has 3 atom stereocenters. The highest BCUT2D eigenvalue weighted by Crippen LogP contribution is 2.46. The number of nitrogens with zero attached hydrogens (tertiary/aromatic N) is 2. The van der Waals surface area contributed by atoms with Crippen molar-refractivity contribution in [3.63, 3.8) is 0 Å². The van der Waals surface area contributed by atoms with Crippen LogP contribution in [0.1, 0.15) is 56.6 Å². The standard InChI is InChI=1S/C26H28N2O4/c1-15(2)32-26(30)23-16(3)28-21-13-19(17-5-7-20(31-4)8-6-17)14-22(29)25(21)24(23)18-9-11-27-12-10-18/h5-12,15,19,23-24H,13-14H2,1-4H3. The van der Waals surface area contributed by atoms with Crippen LogP contribution in [0.2, 0.25) is 0 Å². The van der Waals surface area contributed by atoms with Gasteiger partial charge in [0.05, 0.1) is 13.2 Å². The second kappa shape index (κ2) is 9.07. The van der Waals surface area contributed by atoms with Crippen LogP contribution < -0.4 is 4.74 Å². The summed E-state index contributed by atoms with van der Waals surface area (Å²) in [5, 5.41) is 0. The summed E-state index contributed by atoms with van der Waals surface area (Å²) in [5.41, 5.74) is 4.05. The number of aliphatic imine (C=N–C) groups is 1. The first-order chi connectivity index (χ1) is 15.4. The van der Waals surface area contributed by atoms with Gasteiger partial charge in [-0.1, -0.05) is 12.1 Å². The molecule has 0 amide bonds. The third kappa shape index (κ3) is 4.22. The summed E-state index contributed by atoms with van der Waals surface area (Å²) >= 11 is 0. The molecule has 2 heterocycles. The van der Waals surface area contributed by atoms with Gasteiger partial charge in [0.15, 0.2) is 5.78 Å². The number of hydrogen-bond acceptors (Lipinski definition) is 6. The molecule has 0 saturated carbocycles. The number of esters is 1. The molecule has 6 heteroatoms. The highest BCUT2D eigenvalue weighted by Gasteiger charge is 2.44. The average molecular weight is 433 g/mol. The van der Waals surface area contributed by atoms with Gasteiger partial charge in [0.2, 0.25) is 0 Å². The van der Waals surface area contributed by atoms with E-state index in [1.807, 2.05) is 57.2 Å². The van der Waals surface area contributed by atoms with Crippen LogP contribution in [-0.2, 0) is 14.3 Å². The Bertz CT molecular complexity index is 1070. The Morgan fingerprint density at radius 3 is 2.34 bits per heavy atom. The van der Waals surface area contributed by atoms with Crippen LogP contribution in [0.15, 0.2) is 65.1 Å². The number of rotatable bonds is 5. The summed E-state index contributed by atoms with van der Waals surface area (Å²) in [6.07, 6.45) is 4.17. The number of carbonyl (C=O) groups excluding carboxylic acids is 2. The topological polar surface area (TPSA) is 77.8 Å². The Kier molecular flexibility index (Phi) is 6.21. The van der Waals surface area contributed by atoms with E-state index in [1.54, 1.807) is 19.5 Å². The predicted octanol–water partition coefficient (Wildman–Crippen LogP) is 4.62. The highest BCUT2D eigenvalue weighted by atomic mass is 16.5. The van der Waals surface area contributed by atoms with Crippen LogP contribution >= 0.6 is 0 Å². The van der Waals surface area contributed by atoms with Crippen molar-refractivity contribution in [1.29, 1.82) is 0 Å². The molecule has 0 radical (unpaired) electrons. The number of hydrogen-bond donors (Lipinski definition) is 0. The van der Waals surface area contributed by atoms with Crippen molar-refractivity contribution in [2.24, 2.45) is 10.9 Å². The van der Waals surface area contributed by atoms with Crippen LogP contribution in [0.5, 0.6) is 5.75 Å². The fourth-order valence-electron chi connectivity index (χ4n) is 4.71. The molecule has 0 N–H and O–H groups in total. The van der Waals surface area contributed by atoms with Gasteiger partial charge in [-0.2, -0.15) is 0 Å². The molecule has 4 rings (SSSR count). The number of ether oxygens (including phenoxy) is 2. The fraction of sp³-hybridized carbons (Fsp3) is 0.385. The molecular weight excluding hydrogens is 404 g/mol. The van der Waals surface area contributed by atoms with Crippen LogP contribution in [-0.4, -0.2) is 35.7 Å². The van der Waals surface area contributed by atoms with Crippen LogP contribution in [0.25, 0.3) is 0 Å². The van der Waals surface area contributed by atoms with E-state index >= 15 is 0 Å². The number of benzene rings is 1. The van der Waals surface area contributed by atoms with Crippen molar-refractivity contribution in [3.05, 3.63) is 71.2 Å². The quantitative estimate of drug-likeness (QED) is 0.645. The van der Waals surface area contributed by atoms with Gasteiger partial charge in [0, 0.05) is 41.7 Å². The molecule has 1 aliphatic carbocycles. The summed E-state index contributed by atoms with van der Waals surface area (Å²) in [6.45, 7) is 5.50. The average Bonchev–Trinajstić information content (AvgIpc) is 2.78. The first kappa shape index (κ1) is 21.9. The Labute approximate surface area is 188 Å². The smallest absolute Gasteiger partial charge is 0.315 e. The summed E-state index contributed by atoms with van der Waals surface area (Å²) in [7, 11) is 1.63. The molecule has 1 aromatic carbocycles. The van der Waals surface area contributed by atoms with Gasteiger partial charge in [0.1, 0.15) is 11.7 Å². The van der Waals surface area contributed by atoms with Crippen molar-refractivity contribution in [3.8, 4) is 5.75 Å². The zero-order valence-corrected chi connectivity index (χ0v) is 18.9. The molecule has 1 aliphatic heterocycles. The van der Waals surface area contributed by atoms with Gasteiger partial charge >= 0.3 is 5.97 Å². The maximum Gasteiger partial charge on any atom is 0.315 e. The Hall–Kier alpha value is -3.28. The molecule has 1 aromatic heterocycles. The zero-order chi connectivity index (χ0) is 22.8. The molecule has 3 unspecified atom stereocenters. The number of Topliss-reactive ketones (excluding diaryl/α,β-unsaturated/α-hetero) is 1. The van der Waals surface area contributed by atoms with Gasteiger partial charge in [-0.3, -0.25) is 19.6 Å². The van der Waals surface area contributed by atoms with Gasteiger partial charge in [0.25, 0.3) is 0 Å². The van der Waals surface area contributed by atoms with Gasteiger partial charge in [-0.25, -0.2) is 0 Å². The molecule has 32 heavy (non-hydrogen) atoms. The number of methoxy groups -OCH3 is 1. The molecule has 2 aliphatic rings. The minimum atomic E-state index is -0.625. The second-order valence-electron chi connectivity index (χ2n) is 8.64. The van der Waals surface area contributed by atoms with Crippen molar-refractivity contribution in [2.45, 2.75) is 51.6 Å². The maximum atomic E-state index is 13.5. The van der Waals surface area contributed by atoms with Crippen molar-refractivity contribution in [2.75, 3.05) is 7.11 Å². The zero-order valence-electron chi connectivity index (χ0n) is 18.9. The monoisotopic (exact) mass is 432 g/mol. The van der Waals surface area contributed by atoms with E-state index in [1.165, 1.54) is 0 Å². The fourth-order valence-corrected chi connectivity index (χ4v) is 4.71. The van der Waals surface area contributed by atoms with Gasteiger partial charge in [-0.05, 0) is 68.5 Å².